The Morgan fingerprint density at radius 2 is 2.21 bits per heavy atom. The van der Waals surface area contributed by atoms with E-state index in [9.17, 15) is 4.79 Å². The van der Waals surface area contributed by atoms with Gasteiger partial charge in [0.15, 0.2) is 0 Å². The van der Waals surface area contributed by atoms with Gasteiger partial charge in [0.2, 0.25) is 0 Å². The highest BCUT2D eigenvalue weighted by Crippen LogP contribution is 2.29. The number of anilines is 1. The molecule has 0 radical (unpaired) electrons. The molecule has 104 valence electrons. The Kier molecular flexibility index (Phi) is 4.32. The molecule has 1 unspecified atom stereocenters. The Morgan fingerprint density at radius 1 is 1.47 bits per heavy atom. The predicted octanol–water partition coefficient (Wildman–Crippen LogP) is 2.57. The molecule has 19 heavy (non-hydrogen) atoms. The largest absolute Gasteiger partial charge is 0.478 e. The highest BCUT2D eigenvalue weighted by molar-refractivity contribution is 6.33. The Balaban J connectivity index is 2.19. The SMILES string of the molecule is CN(C)C1CCCN(c2ccc(C(=O)O)cc2Cl)C1. The van der Waals surface area contributed by atoms with Crippen molar-refractivity contribution in [3.8, 4) is 0 Å². The molecule has 2 rings (SSSR count). The van der Waals surface area contributed by atoms with E-state index in [0.717, 1.165) is 25.2 Å². The summed E-state index contributed by atoms with van der Waals surface area (Å²) in [6, 6.07) is 5.47. The first-order valence-corrected chi connectivity index (χ1v) is 6.81. The van der Waals surface area contributed by atoms with Crippen LogP contribution in [0.25, 0.3) is 0 Å². The minimum atomic E-state index is -0.946. The smallest absolute Gasteiger partial charge is 0.335 e. The van der Waals surface area contributed by atoms with E-state index < -0.39 is 5.97 Å². The number of hydrogen-bond donors (Lipinski definition) is 1. The number of aromatic carboxylic acids is 1. The van der Waals surface area contributed by atoms with E-state index in [4.69, 9.17) is 16.7 Å². The second kappa shape index (κ2) is 5.80. The summed E-state index contributed by atoms with van der Waals surface area (Å²) in [7, 11) is 4.17. The fourth-order valence-electron chi connectivity index (χ4n) is 2.49. The molecule has 1 aromatic rings. The summed E-state index contributed by atoms with van der Waals surface area (Å²) in [4.78, 5) is 15.4. The molecule has 1 heterocycles. The van der Waals surface area contributed by atoms with Crippen molar-refractivity contribution in [3.05, 3.63) is 28.8 Å². The fraction of sp³-hybridized carbons (Fsp3) is 0.500. The summed E-state index contributed by atoms with van der Waals surface area (Å²) in [5, 5.41) is 9.46. The minimum absolute atomic E-state index is 0.231. The van der Waals surface area contributed by atoms with Gasteiger partial charge in [-0.2, -0.15) is 0 Å². The van der Waals surface area contributed by atoms with Crippen LogP contribution in [0, 0.1) is 0 Å². The third-order valence-electron chi connectivity index (χ3n) is 3.66. The molecule has 0 amide bonds. The van der Waals surface area contributed by atoms with Gasteiger partial charge in [0.05, 0.1) is 16.3 Å². The molecule has 0 saturated carbocycles. The third-order valence-corrected chi connectivity index (χ3v) is 3.96. The van der Waals surface area contributed by atoms with E-state index in [0.29, 0.717) is 11.1 Å². The molecule has 1 fully saturated rings. The zero-order chi connectivity index (χ0) is 14.0. The highest BCUT2D eigenvalue weighted by Gasteiger charge is 2.23. The van der Waals surface area contributed by atoms with Crippen LogP contribution < -0.4 is 4.90 Å². The standard InChI is InChI=1S/C14H19ClN2O2/c1-16(2)11-4-3-7-17(9-11)13-6-5-10(14(18)19)8-12(13)15/h5-6,8,11H,3-4,7,9H2,1-2H3,(H,18,19). The van der Waals surface area contributed by atoms with Gasteiger partial charge in [-0.3, -0.25) is 0 Å². The second-order valence-electron chi connectivity index (χ2n) is 5.18. The fourth-order valence-corrected chi connectivity index (χ4v) is 2.79. The van der Waals surface area contributed by atoms with Gasteiger partial charge >= 0.3 is 5.97 Å². The summed E-state index contributed by atoms with van der Waals surface area (Å²) in [5.41, 5.74) is 1.16. The molecule has 0 aliphatic carbocycles. The van der Waals surface area contributed by atoms with Crippen molar-refractivity contribution in [2.24, 2.45) is 0 Å². The molecular weight excluding hydrogens is 264 g/mol. The molecule has 1 saturated heterocycles. The number of likely N-dealkylation sites (N-methyl/N-ethyl adjacent to an activating group) is 1. The van der Waals surface area contributed by atoms with E-state index in [-0.39, 0.29) is 5.56 Å². The van der Waals surface area contributed by atoms with Crippen LogP contribution in [0.1, 0.15) is 23.2 Å². The molecule has 1 atom stereocenters. The third kappa shape index (κ3) is 3.19. The quantitative estimate of drug-likeness (QED) is 0.925. The van der Waals surface area contributed by atoms with E-state index in [1.54, 1.807) is 6.07 Å². The lowest BCUT2D eigenvalue weighted by Crippen LogP contribution is -2.45. The number of nitrogens with zero attached hydrogens (tertiary/aromatic N) is 2. The maximum atomic E-state index is 10.9. The number of rotatable bonds is 3. The van der Waals surface area contributed by atoms with E-state index >= 15 is 0 Å². The molecule has 1 aliphatic rings. The second-order valence-corrected chi connectivity index (χ2v) is 5.58. The van der Waals surface area contributed by atoms with E-state index in [1.807, 2.05) is 6.07 Å². The van der Waals surface area contributed by atoms with Gasteiger partial charge in [-0.25, -0.2) is 4.79 Å². The average Bonchev–Trinajstić information content (AvgIpc) is 2.38. The van der Waals surface area contributed by atoms with Gasteiger partial charge in [-0.1, -0.05) is 11.6 Å². The molecule has 0 spiro atoms. The lowest BCUT2D eigenvalue weighted by Gasteiger charge is -2.37. The number of carbonyl (C=O) groups is 1. The number of carboxylic acids is 1. The van der Waals surface area contributed by atoms with Crippen molar-refractivity contribution in [2.75, 3.05) is 32.1 Å². The van der Waals surface area contributed by atoms with Crippen LogP contribution in [0.15, 0.2) is 18.2 Å². The van der Waals surface area contributed by atoms with Gasteiger partial charge < -0.3 is 14.9 Å². The first kappa shape index (κ1) is 14.2. The number of benzene rings is 1. The zero-order valence-corrected chi connectivity index (χ0v) is 12.0. The summed E-state index contributed by atoms with van der Waals surface area (Å²) in [6.45, 7) is 1.90. The molecule has 1 aliphatic heterocycles. The van der Waals surface area contributed by atoms with Crippen molar-refractivity contribution in [2.45, 2.75) is 18.9 Å². The van der Waals surface area contributed by atoms with Crippen LogP contribution in [-0.2, 0) is 0 Å². The van der Waals surface area contributed by atoms with Crippen LogP contribution >= 0.6 is 11.6 Å². The van der Waals surface area contributed by atoms with Crippen LogP contribution in [0.3, 0.4) is 0 Å². The summed E-state index contributed by atoms with van der Waals surface area (Å²) in [6.07, 6.45) is 2.31. The predicted molar refractivity (Wildman–Crippen MR) is 77.3 cm³/mol. The van der Waals surface area contributed by atoms with Gasteiger partial charge in [-0.15, -0.1) is 0 Å². The number of piperidine rings is 1. The molecule has 1 aromatic carbocycles. The van der Waals surface area contributed by atoms with Crippen molar-refractivity contribution >= 4 is 23.3 Å². The van der Waals surface area contributed by atoms with Crippen molar-refractivity contribution < 1.29 is 9.90 Å². The van der Waals surface area contributed by atoms with Crippen molar-refractivity contribution in [1.82, 2.24) is 4.90 Å². The first-order chi connectivity index (χ1) is 8.99. The van der Waals surface area contributed by atoms with Crippen LogP contribution in [0.2, 0.25) is 5.02 Å². The molecular formula is C14H19ClN2O2. The lowest BCUT2D eigenvalue weighted by atomic mass is 10.0. The van der Waals surface area contributed by atoms with Crippen molar-refractivity contribution in [1.29, 1.82) is 0 Å². The number of hydrogen-bond acceptors (Lipinski definition) is 3. The van der Waals surface area contributed by atoms with Gasteiger partial charge in [0.25, 0.3) is 0 Å². The minimum Gasteiger partial charge on any atom is -0.478 e. The molecule has 0 aromatic heterocycles. The van der Waals surface area contributed by atoms with Gasteiger partial charge in [0.1, 0.15) is 0 Å². The summed E-state index contributed by atoms with van der Waals surface area (Å²) < 4.78 is 0. The monoisotopic (exact) mass is 282 g/mol. The van der Waals surface area contributed by atoms with Gasteiger partial charge in [0, 0.05) is 19.1 Å². The lowest BCUT2D eigenvalue weighted by molar-refractivity contribution is 0.0697. The zero-order valence-electron chi connectivity index (χ0n) is 11.3. The number of carboxylic acid groups (broad SMARTS) is 1. The summed E-state index contributed by atoms with van der Waals surface area (Å²) >= 11 is 6.22. The first-order valence-electron chi connectivity index (χ1n) is 6.43. The molecule has 5 heteroatoms. The normalized spacial score (nSPS) is 19.8. The summed E-state index contributed by atoms with van der Waals surface area (Å²) in [5.74, 6) is -0.946. The number of halogens is 1. The Hall–Kier alpha value is -1.26. The Bertz CT molecular complexity index is 477. The average molecular weight is 283 g/mol. The molecule has 1 N–H and O–H groups in total. The molecule has 0 bridgehead atoms. The van der Waals surface area contributed by atoms with E-state index in [2.05, 4.69) is 23.9 Å². The topological polar surface area (TPSA) is 43.8 Å². The van der Waals surface area contributed by atoms with Gasteiger partial charge in [-0.05, 0) is 45.1 Å². The maximum Gasteiger partial charge on any atom is 0.335 e. The molecule has 4 nitrogen and oxygen atoms in total. The van der Waals surface area contributed by atoms with Crippen LogP contribution in [0.5, 0.6) is 0 Å². The maximum absolute atomic E-state index is 10.9. The van der Waals surface area contributed by atoms with Crippen LogP contribution in [-0.4, -0.2) is 49.2 Å². The van der Waals surface area contributed by atoms with Crippen molar-refractivity contribution in [3.63, 3.8) is 0 Å². The van der Waals surface area contributed by atoms with Crippen LogP contribution in [0.4, 0.5) is 5.69 Å². The highest BCUT2D eigenvalue weighted by atomic mass is 35.5. The van der Waals surface area contributed by atoms with E-state index in [1.165, 1.54) is 12.5 Å². The Labute approximate surface area is 118 Å². The Morgan fingerprint density at radius 3 is 2.79 bits per heavy atom.